The summed E-state index contributed by atoms with van der Waals surface area (Å²) in [5, 5.41) is 12.3. The highest BCUT2D eigenvalue weighted by Crippen LogP contribution is 2.17. The fraction of sp³-hybridized carbons (Fsp3) is 0.267. The van der Waals surface area contributed by atoms with Gasteiger partial charge in [0.05, 0.1) is 0 Å². The van der Waals surface area contributed by atoms with E-state index in [-0.39, 0.29) is 17.7 Å². The van der Waals surface area contributed by atoms with Crippen LogP contribution in [0.4, 0.5) is 0 Å². The Labute approximate surface area is 116 Å². The predicted octanol–water partition coefficient (Wildman–Crippen LogP) is 3.12. The first-order chi connectivity index (χ1) is 9.04. The maximum absolute atomic E-state index is 12.0. The molecule has 2 aromatic rings. The third-order valence-electron chi connectivity index (χ3n) is 2.79. The summed E-state index contributed by atoms with van der Waals surface area (Å²) in [6.07, 6.45) is 0.822. The van der Waals surface area contributed by atoms with Crippen LogP contribution in [-0.2, 0) is 6.42 Å². The van der Waals surface area contributed by atoms with Gasteiger partial charge in [0.2, 0.25) is 0 Å². The summed E-state index contributed by atoms with van der Waals surface area (Å²) in [6.45, 7) is 4.06. The van der Waals surface area contributed by atoms with Crippen molar-refractivity contribution < 1.29 is 9.90 Å². The van der Waals surface area contributed by atoms with Gasteiger partial charge in [0.15, 0.2) is 0 Å². The lowest BCUT2D eigenvalue weighted by Crippen LogP contribution is -2.33. The Morgan fingerprint density at radius 3 is 2.79 bits per heavy atom. The maximum atomic E-state index is 12.0. The minimum absolute atomic E-state index is 0.0629. The van der Waals surface area contributed by atoms with Crippen LogP contribution in [0.2, 0.25) is 0 Å². The number of carbonyl (C=O) groups excluding carboxylic acids is 1. The van der Waals surface area contributed by atoms with Crippen LogP contribution in [0, 0.1) is 6.92 Å². The fourth-order valence-corrected chi connectivity index (χ4v) is 2.92. The van der Waals surface area contributed by atoms with Crippen molar-refractivity contribution in [3.63, 3.8) is 0 Å². The number of phenols is 1. The van der Waals surface area contributed by atoms with E-state index in [0.717, 1.165) is 6.42 Å². The van der Waals surface area contributed by atoms with E-state index in [1.54, 1.807) is 29.5 Å². The van der Waals surface area contributed by atoms with Crippen molar-refractivity contribution in [1.82, 2.24) is 5.32 Å². The minimum atomic E-state index is -0.156. The van der Waals surface area contributed by atoms with Gasteiger partial charge in [0, 0.05) is 27.8 Å². The average Bonchev–Trinajstić information content (AvgIpc) is 2.74. The molecule has 2 rings (SSSR count). The molecule has 1 unspecified atom stereocenters. The highest BCUT2D eigenvalue weighted by molar-refractivity contribution is 7.11. The summed E-state index contributed by atoms with van der Waals surface area (Å²) in [4.78, 5) is 14.5. The van der Waals surface area contributed by atoms with E-state index in [2.05, 4.69) is 24.4 Å². The molecule has 1 atom stereocenters. The lowest BCUT2D eigenvalue weighted by Gasteiger charge is -2.13. The molecule has 0 aliphatic carbocycles. The van der Waals surface area contributed by atoms with Gasteiger partial charge in [-0.1, -0.05) is 6.07 Å². The van der Waals surface area contributed by atoms with Gasteiger partial charge < -0.3 is 10.4 Å². The number of phenolic OH excluding ortho intramolecular Hbond substituents is 1. The molecule has 100 valence electrons. The van der Waals surface area contributed by atoms with Crippen molar-refractivity contribution in [2.75, 3.05) is 0 Å². The smallest absolute Gasteiger partial charge is 0.251 e. The maximum Gasteiger partial charge on any atom is 0.251 e. The standard InChI is InChI=1S/C15H17NO2S/c1-10(8-14-7-6-11(2)19-14)16-15(18)12-4-3-5-13(17)9-12/h3-7,9-10,17H,8H2,1-2H3,(H,16,18). The van der Waals surface area contributed by atoms with Crippen LogP contribution < -0.4 is 5.32 Å². The van der Waals surface area contributed by atoms with Gasteiger partial charge in [0.25, 0.3) is 5.91 Å². The SMILES string of the molecule is Cc1ccc(CC(C)NC(=O)c2cccc(O)c2)s1. The lowest BCUT2D eigenvalue weighted by molar-refractivity contribution is 0.0940. The van der Waals surface area contributed by atoms with Crippen molar-refractivity contribution in [1.29, 1.82) is 0 Å². The molecule has 0 bridgehead atoms. The van der Waals surface area contributed by atoms with Crippen LogP contribution in [0.15, 0.2) is 36.4 Å². The molecule has 1 aromatic carbocycles. The number of amides is 1. The van der Waals surface area contributed by atoms with Crippen LogP contribution in [0.3, 0.4) is 0 Å². The molecule has 0 fully saturated rings. The molecule has 0 saturated heterocycles. The zero-order valence-corrected chi connectivity index (χ0v) is 11.8. The van der Waals surface area contributed by atoms with Gasteiger partial charge >= 0.3 is 0 Å². The Morgan fingerprint density at radius 1 is 1.37 bits per heavy atom. The van der Waals surface area contributed by atoms with Crippen LogP contribution in [0.25, 0.3) is 0 Å². The number of rotatable bonds is 4. The number of hydrogen-bond donors (Lipinski definition) is 2. The molecule has 0 spiro atoms. The summed E-state index contributed by atoms with van der Waals surface area (Å²) < 4.78 is 0. The molecule has 2 N–H and O–H groups in total. The van der Waals surface area contributed by atoms with Gasteiger partial charge in [-0.25, -0.2) is 0 Å². The summed E-state index contributed by atoms with van der Waals surface area (Å²) in [7, 11) is 0. The summed E-state index contributed by atoms with van der Waals surface area (Å²) in [5.41, 5.74) is 0.481. The van der Waals surface area contributed by atoms with Crippen LogP contribution in [-0.4, -0.2) is 17.1 Å². The Kier molecular flexibility index (Phi) is 4.22. The molecule has 1 amide bonds. The molecule has 0 aliphatic rings. The van der Waals surface area contributed by atoms with Gasteiger partial charge in [-0.05, 0) is 44.2 Å². The Bertz CT molecular complexity index is 577. The van der Waals surface area contributed by atoms with E-state index in [9.17, 15) is 9.90 Å². The monoisotopic (exact) mass is 275 g/mol. The van der Waals surface area contributed by atoms with Crippen LogP contribution >= 0.6 is 11.3 Å². The molecular formula is C15H17NO2S. The van der Waals surface area contributed by atoms with E-state index in [4.69, 9.17) is 0 Å². The van der Waals surface area contributed by atoms with Gasteiger partial charge in [-0.2, -0.15) is 0 Å². The molecule has 19 heavy (non-hydrogen) atoms. The van der Waals surface area contributed by atoms with Gasteiger partial charge in [0.1, 0.15) is 5.75 Å². The molecule has 3 nitrogen and oxygen atoms in total. The second kappa shape index (κ2) is 5.89. The van der Waals surface area contributed by atoms with Crippen molar-refractivity contribution in [2.24, 2.45) is 0 Å². The first-order valence-electron chi connectivity index (χ1n) is 6.20. The summed E-state index contributed by atoms with van der Waals surface area (Å²) in [5.74, 6) is -0.0501. The predicted molar refractivity (Wildman–Crippen MR) is 77.8 cm³/mol. The van der Waals surface area contributed by atoms with Crippen LogP contribution in [0.1, 0.15) is 27.0 Å². The Hall–Kier alpha value is -1.81. The van der Waals surface area contributed by atoms with E-state index in [1.807, 2.05) is 6.92 Å². The fourth-order valence-electron chi connectivity index (χ4n) is 1.90. The zero-order chi connectivity index (χ0) is 13.8. The second-order valence-corrected chi connectivity index (χ2v) is 6.01. The van der Waals surface area contributed by atoms with Crippen molar-refractivity contribution in [3.8, 4) is 5.75 Å². The number of nitrogens with one attached hydrogen (secondary N) is 1. The minimum Gasteiger partial charge on any atom is -0.508 e. The largest absolute Gasteiger partial charge is 0.508 e. The Morgan fingerprint density at radius 2 is 2.16 bits per heavy atom. The number of hydrogen-bond acceptors (Lipinski definition) is 3. The highest BCUT2D eigenvalue weighted by Gasteiger charge is 2.11. The number of benzene rings is 1. The molecular weight excluding hydrogens is 258 g/mol. The molecule has 0 radical (unpaired) electrons. The third kappa shape index (κ3) is 3.83. The molecule has 4 heteroatoms. The van der Waals surface area contributed by atoms with E-state index in [1.165, 1.54) is 15.8 Å². The summed E-state index contributed by atoms with van der Waals surface area (Å²) >= 11 is 1.75. The van der Waals surface area contributed by atoms with E-state index >= 15 is 0 Å². The van der Waals surface area contributed by atoms with Gasteiger partial charge in [-0.15, -0.1) is 11.3 Å². The topological polar surface area (TPSA) is 49.3 Å². The quantitative estimate of drug-likeness (QED) is 0.900. The third-order valence-corrected chi connectivity index (χ3v) is 3.81. The molecule has 0 saturated carbocycles. The van der Waals surface area contributed by atoms with Gasteiger partial charge in [-0.3, -0.25) is 4.79 Å². The summed E-state index contributed by atoms with van der Waals surface area (Å²) in [6, 6.07) is 10.6. The highest BCUT2D eigenvalue weighted by atomic mass is 32.1. The van der Waals surface area contributed by atoms with Crippen molar-refractivity contribution >= 4 is 17.2 Å². The van der Waals surface area contributed by atoms with E-state index in [0.29, 0.717) is 5.56 Å². The number of aromatic hydroxyl groups is 1. The number of carbonyl (C=O) groups is 1. The van der Waals surface area contributed by atoms with E-state index < -0.39 is 0 Å². The molecule has 1 aromatic heterocycles. The Balaban J connectivity index is 1.95. The lowest BCUT2D eigenvalue weighted by atomic mass is 10.1. The van der Waals surface area contributed by atoms with Crippen LogP contribution in [0.5, 0.6) is 5.75 Å². The number of thiophene rings is 1. The second-order valence-electron chi connectivity index (χ2n) is 4.64. The normalized spacial score (nSPS) is 12.1. The number of aryl methyl sites for hydroxylation is 1. The van der Waals surface area contributed by atoms with Crippen molar-refractivity contribution in [2.45, 2.75) is 26.3 Å². The molecule has 1 heterocycles. The first-order valence-corrected chi connectivity index (χ1v) is 7.01. The average molecular weight is 275 g/mol. The molecule has 0 aliphatic heterocycles. The first kappa shape index (κ1) is 13.6. The van der Waals surface area contributed by atoms with Crippen molar-refractivity contribution in [3.05, 3.63) is 51.7 Å². The zero-order valence-electron chi connectivity index (χ0n) is 11.0.